The van der Waals surface area contributed by atoms with Crippen LogP contribution in [-0.2, 0) is 9.53 Å². The lowest BCUT2D eigenvalue weighted by Crippen LogP contribution is -2.22. The molecule has 5 nitrogen and oxygen atoms in total. The summed E-state index contributed by atoms with van der Waals surface area (Å²) in [5.41, 5.74) is 0.904. The number of para-hydroxylation sites is 1. The molecule has 0 saturated heterocycles. The van der Waals surface area contributed by atoms with Gasteiger partial charge in [0.05, 0.1) is 16.3 Å². The van der Waals surface area contributed by atoms with Gasteiger partial charge in [-0.25, -0.2) is 4.79 Å². The van der Waals surface area contributed by atoms with E-state index < -0.39 is 18.5 Å². The van der Waals surface area contributed by atoms with Gasteiger partial charge in [0.25, 0.3) is 5.91 Å². The summed E-state index contributed by atoms with van der Waals surface area (Å²) >= 11 is 9.16. The lowest BCUT2D eigenvalue weighted by atomic mass is 10.1. The maximum absolute atomic E-state index is 12.0. The summed E-state index contributed by atoms with van der Waals surface area (Å²) in [6.07, 6.45) is 0. The maximum Gasteiger partial charge on any atom is 0.340 e. The van der Waals surface area contributed by atoms with Crippen LogP contribution in [0.4, 0.5) is 5.69 Å². The van der Waals surface area contributed by atoms with Crippen LogP contribution in [0.5, 0.6) is 0 Å². The molecule has 0 saturated carbocycles. The molecular weight excluding hydrogens is 398 g/mol. The Labute approximate surface area is 152 Å². The highest BCUT2D eigenvalue weighted by Crippen LogP contribution is 2.22. The molecule has 1 N–H and O–H groups in total. The lowest BCUT2D eigenvalue weighted by Gasteiger charge is -2.10. The number of hydrogen-bond donors (Lipinski definition) is 1. The standard InChI is InChI=1S/C17H13BrClNO4/c1-10(21)12-4-2-3-5-15(12)20-16(22)9-24-17(23)13-8-11(18)6-7-14(13)19/h2-8H,9H2,1H3,(H,20,22). The first kappa shape index (κ1) is 18.2. The molecule has 2 rings (SSSR count). The van der Waals surface area contributed by atoms with Gasteiger partial charge in [-0.1, -0.05) is 39.7 Å². The van der Waals surface area contributed by atoms with E-state index in [1.165, 1.54) is 13.0 Å². The highest BCUT2D eigenvalue weighted by molar-refractivity contribution is 9.10. The summed E-state index contributed by atoms with van der Waals surface area (Å²) in [5, 5.41) is 2.77. The molecule has 2 aromatic carbocycles. The fourth-order valence-electron chi connectivity index (χ4n) is 1.95. The van der Waals surface area contributed by atoms with Crippen LogP contribution in [0.3, 0.4) is 0 Å². The molecule has 1 amide bonds. The Morgan fingerprint density at radius 2 is 1.83 bits per heavy atom. The number of rotatable bonds is 5. The van der Waals surface area contributed by atoms with Gasteiger partial charge >= 0.3 is 5.97 Å². The number of esters is 1. The van der Waals surface area contributed by atoms with E-state index in [-0.39, 0.29) is 16.4 Å². The molecule has 0 bridgehead atoms. The van der Waals surface area contributed by atoms with Gasteiger partial charge < -0.3 is 10.1 Å². The molecule has 7 heteroatoms. The lowest BCUT2D eigenvalue weighted by molar-refractivity contribution is -0.119. The van der Waals surface area contributed by atoms with Crippen LogP contribution in [-0.4, -0.2) is 24.3 Å². The first-order chi connectivity index (χ1) is 11.4. The number of Topliss-reactive ketones (excluding diaryl/α,β-unsaturated/α-hetero) is 1. The fourth-order valence-corrected chi connectivity index (χ4v) is 2.50. The van der Waals surface area contributed by atoms with Gasteiger partial charge in [-0.15, -0.1) is 0 Å². The van der Waals surface area contributed by atoms with Crippen molar-refractivity contribution in [1.29, 1.82) is 0 Å². The largest absolute Gasteiger partial charge is 0.452 e. The Hall–Kier alpha value is -2.18. The average molecular weight is 411 g/mol. The number of ether oxygens (including phenoxy) is 1. The van der Waals surface area contributed by atoms with Crippen molar-refractivity contribution >= 4 is 50.9 Å². The van der Waals surface area contributed by atoms with E-state index in [9.17, 15) is 14.4 Å². The van der Waals surface area contributed by atoms with Crippen LogP contribution < -0.4 is 5.32 Å². The maximum atomic E-state index is 12.0. The molecule has 24 heavy (non-hydrogen) atoms. The van der Waals surface area contributed by atoms with Gasteiger partial charge in [-0.05, 0) is 37.3 Å². The second-order valence-corrected chi connectivity index (χ2v) is 6.17. The van der Waals surface area contributed by atoms with Gasteiger partial charge in [-0.2, -0.15) is 0 Å². The van der Waals surface area contributed by atoms with Crippen molar-refractivity contribution in [2.75, 3.05) is 11.9 Å². The monoisotopic (exact) mass is 409 g/mol. The highest BCUT2D eigenvalue weighted by Gasteiger charge is 2.15. The van der Waals surface area contributed by atoms with Crippen molar-refractivity contribution in [3.05, 3.63) is 63.1 Å². The highest BCUT2D eigenvalue weighted by atomic mass is 79.9. The molecule has 0 aliphatic rings. The molecule has 0 unspecified atom stereocenters. The number of carbonyl (C=O) groups is 3. The molecule has 0 radical (unpaired) electrons. The summed E-state index contributed by atoms with van der Waals surface area (Å²) in [7, 11) is 0. The van der Waals surface area contributed by atoms with Crippen molar-refractivity contribution in [3.63, 3.8) is 0 Å². The third-order valence-corrected chi connectivity index (χ3v) is 3.89. The van der Waals surface area contributed by atoms with Crippen molar-refractivity contribution in [2.45, 2.75) is 6.92 Å². The second kappa shape index (κ2) is 8.08. The normalized spacial score (nSPS) is 10.1. The van der Waals surface area contributed by atoms with Crippen LogP contribution >= 0.6 is 27.5 Å². The molecule has 2 aromatic rings. The summed E-state index contributed by atoms with van der Waals surface area (Å²) in [5.74, 6) is -1.44. The quantitative estimate of drug-likeness (QED) is 0.595. The Kier molecular flexibility index (Phi) is 6.11. The van der Waals surface area contributed by atoms with Gasteiger partial charge in [0.15, 0.2) is 12.4 Å². The number of hydrogen-bond acceptors (Lipinski definition) is 4. The summed E-state index contributed by atoms with van der Waals surface area (Å²) in [4.78, 5) is 35.4. The SMILES string of the molecule is CC(=O)c1ccccc1NC(=O)COC(=O)c1cc(Br)ccc1Cl. The van der Waals surface area contributed by atoms with E-state index in [4.69, 9.17) is 16.3 Å². The van der Waals surface area contributed by atoms with E-state index in [1.807, 2.05) is 0 Å². The Morgan fingerprint density at radius 3 is 2.54 bits per heavy atom. The number of carbonyl (C=O) groups excluding carboxylic acids is 3. The first-order valence-corrected chi connectivity index (χ1v) is 8.07. The average Bonchev–Trinajstić information content (AvgIpc) is 2.55. The molecule has 0 atom stereocenters. The second-order valence-electron chi connectivity index (χ2n) is 4.85. The van der Waals surface area contributed by atoms with Crippen molar-refractivity contribution in [2.24, 2.45) is 0 Å². The van der Waals surface area contributed by atoms with E-state index in [1.54, 1.807) is 36.4 Å². The number of halogens is 2. The zero-order chi connectivity index (χ0) is 17.7. The van der Waals surface area contributed by atoms with Crippen LogP contribution in [0.1, 0.15) is 27.6 Å². The van der Waals surface area contributed by atoms with E-state index in [0.29, 0.717) is 15.7 Å². The Balaban J connectivity index is 2.00. The van der Waals surface area contributed by atoms with Crippen molar-refractivity contribution in [1.82, 2.24) is 0 Å². The van der Waals surface area contributed by atoms with Crippen LogP contribution in [0.2, 0.25) is 5.02 Å². The topological polar surface area (TPSA) is 72.5 Å². The van der Waals surface area contributed by atoms with Crippen molar-refractivity contribution < 1.29 is 19.1 Å². The fraction of sp³-hybridized carbons (Fsp3) is 0.118. The van der Waals surface area contributed by atoms with Gasteiger partial charge in [-0.3, -0.25) is 9.59 Å². The van der Waals surface area contributed by atoms with Crippen LogP contribution in [0.15, 0.2) is 46.9 Å². The molecular formula is C17H13BrClNO4. The minimum atomic E-state index is -0.712. The number of nitrogens with one attached hydrogen (secondary N) is 1. The molecule has 0 spiro atoms. The predicted octanol–water partition coefficient (Wildman–Crippen LogP) is 4.10. The van der Waals surface area contributed by atoms with Gasteiger partial charge in [0, 0.05) is 10.0 Å². The summed E-state index contributed by atoms with van der Waals surface area (Å²) < 4.78 is 5.62. The smallest absolute Gasteiger partial charge is 0.340 e. The zero-order valence-electron chi connectivity index (χ0n) is 12.6. The predicted molar refractivity (Wildman–Crippen MR) is 94.5 cm³/mol. The molecule has 0 aliphatic heterocycles. The number of amides is 1. The van der Waals surface area contributed by atoms with Crippen LogP contribution in [0.25, 0.3) is 0 Å². The Bertz CT molecular complexity index is 807. The van der Waals surface area contributed by atoms with Gasteiger partial charge in [0.2, 0.25) is 0 Å². The molecule has 124 valence electrons. The number of ketones is 1. The summed E-state index contributed by atoms with van der Waals surface area (Å²) in [6.45, 7) is 0.911. The number of anilines is 1. The third kappa shape index (κ3) is 4.66. The van der Waals surface area contributed by atoms with E-state index in [2.05, 4.69) is 21.2 Å². The molecule has 0 aromatic heterocycles. The third-order valence-electron chi connectivity index (χ3n) is 3.06. The molecule has 0 fully saturated rings. The van der Waals surface area contributed by atoms with E-state index in [0.717, 1.165) is 0 Å². The minimum absolute atomic E-state index is 0.156. The molecule has 0 heterocycles. The minimum Gasteiger partial charge on any atom is -0.452 e. The Morgan fingerprint density at radius 1 is 1.12 bits per heavy atom. The number of benzene rings is 2. The zero-order valence-corrected chi connectivity index (χ0v) is 15.0. The van der Waals surface area contributed by atoms with Gasteiger partial charge in [0.1, 0.15) is 0 Å². The van der Waals surface area contributed by atoms with Crippen molar-refractivity contribution in [3.8, 4) is 0 Å². The van der Waals surface area contributed by atoms with Crippen LogP contribution in [0, 0.1) is 0 Å². The first-order valence-electron chi connectivity index (χ1n) is 6.90. The van der Waals surface area contributed by atoms with E-state index >= 15 is 0 Å². The molecule has 0 aliphatic carbocycles. The summed E-state index contributed by atoms with van der Waals surface area (Å²) in [6, 6.07) is 11.3.